The first kappa shape index (κ1) is 14.1. The van der Waals surface area contributed by atoms with Gasteiger partial charge in [-0.2, -0.15) is 0 Å². The predicted octanol–water partition coefficient (Wildman–Crippen LogP) is 2.06. The number of carboxylic acid groups (broad SMARTS) is 1. The van der Waals surface area contributed by atoms with E-state index in [9.17, 15) is 14.7 Å². The van der Waals surface area contributed by atoms with Crippen LogP contribution in [0.5, 0.6) is 0 Å². The summed E-state index contributed by atoms with van der Waals surface area (Å²) in [6, 6.07) is 0.130. The summed E-state index contributed by atoms with van der Waals surface area (Å²) in [6.07, 6.45) is 5.67. The molecule has 106 valence electrons. The molecule has 2 aliphatic rings. The Labute approximate surface area is 114 Å². The van der Waals surface area contributed by atoms with Crippen molar-refractivity contribution in [2.75, 3.05) is 0 Å². The topological polar surface area (TPSA) is 66.4 Å². The van der Waals surface area contributed by atoms with E-state index in [0.29, 0.717) is 5.92 Å². The highest BCUT2D eigenvalue weighted by molar-refractivity contribution is 5.87. The molecule has 2 N–H and O–H groups in total. The van der Waals surface area contributed by atoms with Gasteiger partial charge in [-0.3, -0.25) is 9.59 Å². The fourth-order valence-corrected chi connectivity index (χ4v) is 3.54. The van der Waals surface area contributed by atoms with E-state index < -0.39 is 11.9 Å². The van der Waals surface area contributed by atoms with Crippen molar-refractivity contribution in [2.24, 2.45) is 29.6 Å². The molecule has 19 heavy (non-hydrogen) atoms. The Morgan fingerprint density at radius 2 is 1.84 bits per heavy atom. The molecule has 0 aromatic carbocycles. The number of allylic oxidation sites excluding steroid dienone is 2. The van der Waals surface area contributed by atoms with Crippen LogP contribution >= 0.6 is 0 Å². The molecule has 2 bridgehead atoms. The normalized spacial score (nSPS) is 33.7. The molecule has 0 aliphatic heterocycles. The first-order valence-electron chi connectivity index (χ1n) is 7.17. The number of fused-ring (bicyclic) bond motifs is 2. The second-order valence-electron chi connectivity index (χ2n) is 6.11. The molecule has 1 fully saturated rings. The van der Waals surface area contributed by atoms with Gasteiger partial charge in [0.1, 0.15) is 0 Å². The van der Waals surface area contributed by atoms with Crippen molar-refractivity contribution in [3.8, 4) is 0 Å². The molecule has 0 spiro atoms. The fraction of sp³-hybridized carbons (Fsp3) is 0.733. The number of nitrogens with one attached hydrogen (secondary N) is 1. The van der Waals surface area contributed by atoms with E-state index in [1.54, 1.807) is 0 Å². The second kappa shape index (κ2) is 5.35. The monoisotopic (exact) mass is 265 g/mol. The van der Waals surface area contributed by atoms with Crippen LogP contribution in [0.15, 0.2) is 12.2 Å². The molecule has 0 radical (unpaired) electrons. The van der Waals surface area contributed by atoms with Crippen molar-refractivity contribution >= 4 is 11.9 Å². The highest BCUT2D eigenvalue weighted by Gasteiger charge is 2.51. The van der Waals surface area contributed by atoms with Crippen molar-refractivity contribution in [1.82, 2.24) is 5.32 Å². The molecule has 4 heteroatoms. The van der Waals surface area contributed by atoms with Crippen LogP contribution in [0.25, 0.3) is 0 Å². The van der Waals surface area contributed by atoms with Gasteiger partial charge in [0.05, 0.1) is 11.8 Å². The molecule has 0 saturated heterocycles. The van der Waals surface area contributed by atoms with Gasteiger partial charge in [-0.05, 0) is 30.6 Å². The van der Waals surface area contributed by atoms with Crippen LogP contribution in [0.1, 0.15) is 33.6 Å². The summed E-state index contributed by atoms with van der Waals surface area (Å²) in [7, 11) is 0. The van der Waals surface area contributed by atoms with Gasteiger partial charge < -0.3 is 10.4 Å². The molecule has 0 aromatic rings. The third-order valence-corrected chi connectivity index (χ3v) is 4.62. The Morgan fingerprint density at radius 1 is 1.26 bits per heavy atom. The van der Waals surface area contributed by atoms with E-state index >= 15 is 0 Å². The molecule has 0 aromatic heterocycles. The van der Waals surface area contributed by atoms with Gasteiger partial charge in [0, 0.05) is 6.04 Å². The number of amides is 1. The summed E-state index contributed by atoms with van der Waals surface area (Å²) in [6.45, 7) is 6.19. The summed E-state index contributed by atoms with van der Waals surface area (Å²) in [5.41, 5.74) is 0. The van der Waals surface area contributed by atoms with Gasteiger partial charge in [0.15, 0.2) is 0 Å². The molecule has 0 heterocycles. The summed E-state index contributed by atoms with van der Waals surface area (Å²) in [5.74, 6) is -1.33. The van der Waals surface area contributed by atoms with Gasteiger partial charge in [0.2, 0.25) is 5.91 Å². The Bertz CT molecular complexity index is 402. The standard InChI is InChI=1S/C15H23NO3/c1-4-11(8(2)3)16-14(17)12-9-5-6-10(7-9)13(12)15(18)19/h5-6,8-13H,4,7H2,1-3H3,(H,16,17)(H,18,19)/t9?,10?,11?,12-,13+/m0/s1. The van der Waals surface area contributed by atoms with E-state index in [1.807, 2.05) is 19.1 Å². The van der Waals surface area contributed by atoms with E-state index in [1.165, 1.54) is 0 Å². The molecule has 3 unspecified atom stereocenters. The van der Waals surface area contributed by atoms with Gasteiger partial charge in [0.25, 0.3) is 0 Å². The lowest BCUT2D eigenvalue weighted by Gasteiger charge is -2.28. The molecular weight excluding hydrogens is 242 g/mol. The molecule has 2 rings (SSSR count). The lowest BCUT2D eigenvalue weighted by atomic mass is 9.82. The molecule has 2 aliphatic carbocycles. The lowest BCUT2D eigenvalue weighted by molar-refractivity contribution is -0.148. The van der Waals surface area contributed by atoms with E-state index in [4.69, 9.17) is 0 Å². The van der Waals surface area contributed by atoms with E-state index in [2.05, 4.69) is 19.2 Å². The van der Waals surface area contributed by atoms with E-state index in [-0.39, 0.29) is 29.7 Å². The van der Waals surface area contributed by atoms with Crippen LogP contribution < -0.4 is 5.32 Å². The van der Waals surface area contributed by atoms with Crippen LogP contribution in [-0.4, -0.2) is 23.0 Å². The highest BCUT2D eigenvalue weighted by Crippen LogP contribution is 2.48. The van der Waals surface area contributed by atoms with E-state index in [0.717, 1.165) is 12.8 Å². The molecule has 4 nitrogen and oxygen atoms in total. The van der Waals surface area contributed by atoms with Gasteiger partial charge in [-0.1, -0.05) is 32.9 Å². The Balaban J connectivity index is 2.10. The average molecular weight is 265 g/mol. The summed E-state index contributed by atoms with van der Waals surface area (Å²) in [5, 5.41) is 12.4. The molecule has 1 amide bonds. The van der Waals surface area contributed by atoms with Crippen LogP contribution in [0.3, 0.4) is 0 Å². The Kier molecular flexibility index (Phi) is 3.97. The van der Waals surface area contributed by atoms with Crippen molar-refractivity contribution in [3.05, 3.63) is 12.2 Å². The number of carboxylic acids is 1. The summed E-state index contributed by atoms with van der Waals surface area (Å²) >= 11 is 0. The van der Waals surface area contributed by atoms with Crippen LogP contribution in [0.2, 0.25) is 0 Å². The molecule has 1 saturated carbocycles. The third-order valence-electron chi connectivity index (χ3n) is 4.62. The second-order valence-corrected chi connectivity index (χ2v) is 6.11. The van der Waals surface area contributed by atoms with Crippen LogP contribution in [0, 0.1) is 29.6 Å². The molecule has 5 atom stereocenters. The minimum absolute atomic E-state index is 0.0392. The van der Waals surface area contributed by atoms with Crippen molar-refractivity contribution in [2.45, 2.75) is 39.7 Å². The SMILES string of the molecule is CCC(NC(=O)[C@H]1C2C=CC(C2)[C@H]1C(=O)O)C(C)C. The van der Waals surface area contributed by atoms with Gasteiger partial charge in [-0.25, -0.2) is 0 Å². The highest BCUT2D eigenvalue weighted by atomic mass is 16.4. The lowest BCUT2D eigenvalue weighted by Crippen LogP contribution is -2.45. The average Bonchev–Trinajstić information content (AvgIpc) is 2.94. The molecular formula is C15H23NO3. The fourth-order valence-electron chi connectivity index (χ4n) is 3.54. The smallest absolute Gasteiger partial charge is 0.307 e. The number of carbonyl (C=O) groups excluding carboxylic acids is 1. The minimum atomic E-state index is -0.838. The van der Waals surface area contributed by atoms with Gasteiger partial charge in [-0.15, -0.1) is 0 Å². The number of rotatable bonds is 5. The van der Waals surface area contributed by atoms with Crippen molar-refractivity contribution in [1.29, 1.82) is 0 Å². The number of hydrogen-bond donors (Lipinski definition) is 2. The Morgan fingerprint density at radius 3 is 2.32 bits per heavy atom. The maximum absolute atomic E-state index is 12.4. The first-order chi connectivity index (χ1) is 8.95. The summed E-state index contributed by atoms with van der Waals surface area (Å²) < 4.78 is 0. The number of aliphatic carboxylic acids is 1. The maximum atomic E-state index is 12.4. The first-order valence-corrected chi connectivity index (χ1v) is 7.17. The maximum Gasteiger partial charge on any atom is 0.307 e. The summed E-state index contributed by atoms with van der Waals surface area (Å²) in [4.78, 5) is 23.8. The van der Waals surface area contributed by atoms with Gasteiger partial charge >= 0.3 is 5.97 Å². The van der Waals surface area contributed by atoms with Crippen molar-refractivity contribution < 1.29 is 14.7 Å². The van der Waals surface area contributed by atoms with Crippen LogP contribution in [0.4, 0.5) is 0 Å². The largest absolute Gasteiger partial charge is 0.481 e. The third kappa shape index (κ3) is 2.53. The van der Waals surface area contributed by atoms with Crippen LogP contribution in [-0.2, 0) is 9.59 Å². The quantitative estimate of drug-likeness (QED) is 0.748. The van der Waals surface area contributed by atoms with Crippen molar-refractivity contribution in [3.63, 3.8) is 0 Å². The predicted molar refractivity (Wildman–Crippen MR) is 72.4 cm³/mol. The number of hydrogen-bond acceptors (Lipinski definition) is 2. The zero-order valence-electron chi connectivity index (χ0n) is 11.8. The Hall–Kier alpha value is -1.32. The number of carbonyl (C=O) groups is 2. The zero-order chi connectivity index (χ0) is 14.2. The zero-order valence-corrected chi connectivity index (χ0v) is 11.8. The minimum Gasteiger partial charge on any atom is -0.481 e.